The molecule has 0 aliphatic carbocycles. The van der Waals surface area contributed by atoms with Gasteiger partial charge in [0.1, 0.15) is 17.7 Å². The summed E-state index contributed by atoms with van der Waals surface area (Å²) < 4.78 is 18.0. The van der Waals surface area contributed by atoms with Crippen LogP contribution in [0.15, 0.2) is 81.5 Å². The van der Waals surface area contributed by atoms with E-state index in [0.29, 0.717) is 46.4 Å². The smallest absolute Gasteiger partial charge is 0.297 e. The van der Waals surface area contributed by atoms with Crippen LogP contribution >= 0.6 is 11.3 Å². The number of ether oxygens (including phenoxy) is 2. The number of aryl methyl sites for hydroxylation is 1. The molecular weight excluding hydrogens is 502 g/mol. The zero-order valence-electron chi connectivity index (χ0n) is 20.7. The Hall–Kier alpha value is -4.50. The quantitative estimate of drug-likeness (QED) is 0.270. The molecule has 1 atom stereocenters. The lowest BCUT2D eigenvalue weighted by Gasteiger charge is -2.23. The molecule has 5 aromatic rings. The van der Waals surface area contributed by atoms with E-state index in [1.165, 1.54) is 16.2 Å². The molecule has 1 amide bonds. The number of aromatic nitrogens is 2. The summed E-state index contributed by atoms with van der Waals surface area (Å²) in [6, 6.07) is 19.9. The van der Waals surface area contributed by atoms with Crippen molar-refractivity contribution >= 4 is 33.3 Å². The van der Waals surface area contributed by atoms with Crippen LogP contribution in [0.4, 0.5) is 5.13 Å². The molecule has 0 radical (unpaired) electrons. The van der Waals surface area contributed by atoms with E-state index in [4.69, 9.17) is 13.9 Å². The lowest BCUT2D eigenvalue weighted by atomic mass is 9.98. The zero-order valence-corrected chi connectivity index (χ0v) is 21.5. The highest BCUT2D eigenvalue weighted by Crippen LogP contribution is 2.43. The first-order valence-corrected chi connectivity index (χ1v) is 13.0. The predicted octanol–water partition coefficient (Wildman–Crippen LogP) is 5.68. The fourth-order valence-electron chi connectivity index (χ4n) is 4.69. The van der Waals surface area contributed by atoms with Crippen LogP contribution in [0.5, 0.6) is 11.5 Å². The van der Waals surface area contributed by atoms with E-state index in [9.17, 15) is 9.59 Å². The maximum Gasteiger partial charge on any atom is 0.297 e. The van der Waals surface area contributed by atoms with Gasteiger partial charge in [-0.3, -0.25) is 14.5 Å². The Balaban J connectivity index is 1.49. The highest BCUT2D eigenvalue weighted by Gasteiger charge is 2.45. The topological polar surface area (TPSA) is 94.8 Å². The minimum Gasteiger partial charge on any atom is -0.490 e. The summed E-state index contributed by atoms with van der Waals surface area (Å²) in [5.74, 6) is 0.644. The first kappa shape index (κ1) is 23.9. The molecule has 6 rings (SSSR count). The Morgan fingerprint density at radius 1 is 1.00 bits per heavy atom. The van der Waals surface area contributed by atoms with Crippen molar-refractivity contribution < 1.29 is 18.7 Å². The molecule has 8 nitrogen and oxygen atoms in total. The van der Waals surface area contributed by atoms with Crippen molar-refractivity contribution in [2.75, 3.05) is 11.5 Å². The molecule has 0 saturated heterocycles. The summed E-state index contributed by atoms with van der Waals surface area (Å²) >= 11 is 1.21. The van der Waals surface area contributed by atoms with Gasteiger partial charge in [0.05, 0.1) is 23.6 Å². The van der Waals surface area contributed by atoms with E-state index in [1.807, 2.05) is 62.4 Å². The molecule has 1 aliphatic heterocycles. The van der Waals surface area contributed by atoms with E-state index in [0.717, 1.165) is 11.1 Å². The number of carbonyl (C=O) groups is 1. The van der Waals surface area contributed by atoms with E-state index < -0.39 is 11.9 Å². The molecule has 190 valence electrons. The van der Waals surface area contributed by atoms with Gasteiger partial charge in [-0.15, -0.1) is 10.2 Å². The Morgan fingerprint density at radius 2 is 1.84 bits per heavy atom. The third kappa shape index (κ3) is 4.10. The Kier molecular flexibility index (Phi) is 6.13. The third-order valence-corrected chi connectivity index (χ3v) is 7.09. The minimum absolute atomic E-state index is 0.00826. The second kappa shape index (κ2) is 9.75. The molecule has 1 aliphatic rings. The highest BCUT2D eigenvalue weighted by atomic mass is 32.1. The lowest BCUT2D eigenvalue weighted by molar-refractivity contribution is 0.0970. The molecule has 0 spiro atoms. The van der Waals surface area contributed by atoms with Crippen molar-refractivity contribution in [2.24, 2.45) is 0 Å². The Bertz CT molecular complexity index is 1700. The average Bonchev–Trinajstić information content (AvgIpc) is 3.56. The minimum atomic E-state index is -0.769. The van der Waals surface area contributed by atoms with Gasteiger partial charge in [0.25, 0.3) is 5.91 Å². The van der Waals surface area contributed by atoms with Gasteiger partial charge in [0.15, 0.2) is 16.9 Å². The van der Waals surface area contributed by atoms with Gasteiger partial charge >= 0.3 is 0 Å². The molecule has 0 N–H and O–H groups in total. The van der Waals surface area contributed by atoms with Gasteiger partial charge in [0.2, 0.25) is 10.9 Å². The standard InChI is InChI=1S/C29H23N3O5S/c1-3-35-23-14-19(10-12-22(23)36-15-18-7-5-4-6-8-18)25-24-26(33)20-13-17(2)9-11-21(20)37-27(24)28(34)32(25)29-31-30-16-38-29/h4-14,16,25H,3,15H2,1-2H3/t25-/m0/s1. The maximum atomic E-state index is 13.8. The number of hydrogen-bond acceptors (Lipinski definition) is 8. The second-order valence-electron chi connectivity index (χ2n) is 8.89. The molecule has 3 heterocycles. The molecule has 0 bridgehead atoms. The van der Waals surface area contributed by atoms with Crippen LogP contribution in [0, 0.1) is 6.92 Å². The first-order valence-electron chi connectivity index (χ1n) is 12.2. The maximum absolute atomic E-state index is 13.8. The van der Waals surface area contributed by atoms with Crippen LogP contribution in [0.25, 0.3) is 11.0 Å². The number of nitrogens with zero attached hydrogens (tertiary/aromatic N) is 3. The predicted molar refractivity (Wildman–Crippen MR) is 144 cm³/mol. The van der Waals surface area contributed by atoms with Crippen LogP contribution in [0.1, 0.15) is 45.8 Å². The number of amides is 1. The second-order valence-corrected chi connectivity index (χ2v) is 9.70. The molecule has 2 aromatic heterocycles. The van der Waals surface area contributed by atoms with Crippen LogP contribution in [0.2, 0.25) is 0 Å². The zero-order chi connectivity index (χ0) is 26.2. The number of rotatable bonds is 7. The van der Waals surface area contributed by atoms with Gasteiger partial charge < -0.3 is 13.9 Å². The third-order valence-electron chi connectivity index (χ3n) is 6.40. The molecule has 0 unspecified atom stereocenters. The Labute approximate surface area is 222 Å². The number of fused-ring (bicyclic) bond motifs is 2. The Morgan fingerprint density at radius 3 is 2.61 bits per heavy atom. The summed E-state index contributed by atoms with van der Waals surface area (Å²) in [4.78, 5) is 28.9. The van der Waals surface area contributed by atoms with Crippen LogP contribution < -0.4 is 19.8 Å². The SMILES string of the molecule is CCOc1cc([C@H]2c3c(oc4ccc(C)cc4c3=O)C(=O)N2c2nncs2)ccc1OCc1ccccc1. The number of benzene rings is 3. The largest absolute Gasteiger partial charge is 0.490 e. The van der Waals surface area contributed by atoms with Crippen molar-refractivity contribution in [2.45, 2.75) is 26.5 Å². The molecule has 0 fully saturated rings. The molecule has 38 heavy (non-hydrogen) atoms. The summed E-state index contributed by atoms with van der Waals surface area (Å²) in [5.41, 5.74) is 4.54. The van der Waals surface area contributed by atoms with Gasteiger partial charge in [-0.05, 0) is 49.2 Å². The fourth-order valence-corrected chi connectivity index (χ4v) is 5.27. The molecule has 9 heteroatoms. The van der Waals surface area contributed by atoms with E-state index in [-0.39, 0.29) is 16.8 Å². The fraction of sp³-hybridized carbons (Fsp3) is 0.172. The monoisotopic (exact) mass is 525 g/mol. The van der Waals surface area contributed by atoms with Crippen molar-refractivity contribution in [1.29, 1.82) is 0 Å². The van der Waals surface area contributed by atoms with Crippen molar-refractivity contribution in [3.8, 4) is 11.5 Å². The lowest BCUT2D eigenvalue weighted by Crippen LogP contribution is -2.29. The molecular formula is C29H23N3O5S. The van der Waals surface area contributed by atoms with Crippen molar-refractivity contribution in [3.63, 3.8) is 0 Å². The summed E-state index contributed by atoms with van der Waals surface area (Å²) in [6.07, 6.45) is 0. The van der Waals surface area contributed by atoms with Gasteiger partial charge in [-0.1, -0.05) is 59.4 Å². The first-order chi connectivity index (χ1) is 18.5. The van der Waals surface area contributed by atoms with Gasteiger partial charge in [-0.25, -0.2) is 0 Å². The van der Waals surface area contributed by atoms with E-state index in [2.05, 4.69) is 10.2 Å². The van der Waals surface area contributed by atoms with Gasteiger partial charge in [-0.2, -0.15) is 0 Å². The highest BCUT2D eigenvalue weighted by molar-refractivity contribution is 7.13. The van der Waals surface area contributed by atoms with Crippen LogP contribution in [-0.2, 0) is 6.61 Å². The van der Waals surface area contributed by atoms with Crippen LogP contribution in [-0.4, -0.2) is 22.7 Å². The van der Waals surface area contributed by atoms with Crippen molar-refractivity contribution in [1.82, 2.24) is 10.2 Å². The van der Waals surface area contributed by atoms with Crippen molar-refractivity contribution in [3.05, 3.63) is 110 Å². The average molecular weight is 526 g/mol. The number of anilines is 1. The molecule has 0 saturated carbocycles. The van der Waals surface area contributed by atoms with Gasteiger partial charge in [0, 0.05) is 0 Å². The summed E-state index contributed by atoms with van der Waals surface area (Å²) in [5, 5.41) is 8.84. The van der Waals surface area contributed by atoms with E-state index >= 15 is 0 Å². The normalized spacial score (nSPS) is 14.6. The summed E-state index contributed by atoms with van der Waals surface area (Å²) in [6.45, 7) is 4.58. The number of carbonyl (C=O) groups excluding carboxylic acids is 1. The molecule has 3 aromatic carbocycles. The summed E-state index contributed by atoms with van der Waals surface area (Å²) in [7, 11) is 0. The van der Waals surface area contributed by atoms with E-state index in [1.54, 1.807) is 23.7 Å². The van der Waals surface area contributed by atoms with Crippen LogP contribution in [0.3, 0.4) is 0 Å². The number of hydrogen-bond donors (Lipinski definition) is 0.